The number of hydrogen-bond donors (Lipinski definition) is 2. The first-order chi connectivity index (χ1) is 8.88. The molecule has 0 heterocycles. The molecule has 0 aliphatic heterocycles. The Morgan fingerprint density at radius 3 is 2.58 bits per heavy atom. The van der Waals surface area contributed by atoms with E-state index in [-0.39, 0.29) is 18.0 Å². The number of rotatable bonds is 5. The van der Waals surface area contributed by atoms with Gasteiger partial charge in [-0.15, -0.1) is 0 Å². The maximum atomic E-state index is 12.8. The highest BCUT2D eigenvalue weighted by Crippen LogP contribution is 2.36. The molecule has 1 unspecified atom stereocenters. The van der Waals surface area contributed by atoms with E-state index in [9.17, 15) is 13.2 Å². The van der Waals surface area contributed by atoms with Crippen LogP contribution in [0.3, 0.4) is 0 Å². The summed E-state index contributed by atoms with van der Waals surface area (Å²) in [6.07, 6.45) is -4.58. The van der Waals surface area contributed by atoms with Gasteiger partial charge in [-0.05, 0) is 18.6 Å². The van der Waals surface area contributed by atoms with Crippen LogP contribution in [0, 0.1) is 0 Å². The fraction of sp³-hybridized carbons (Fsp3) is 0.417. The van der Waals surface area contributed by atoms with Crippen LogP contribution in [-0.4, -0.2) is 17.1 Å². The normalized spacial score (nSPS) is 14.2. The fourth-order valence-electron chi connectivity index (χ4n) is 1.53. The molecular formula is C12H15F3N2O2. The molecule has 0 radical (unpaired) electrons. The van der Waals surface area contributed by atoms with Crippen molar-refractivity contribution in [2.24, 2.45) is 10.9 Å². The first-order valence-corrected chi connectivity index (χ1v) is 5.67. The van der Waals surface area contributed by atoms with E-state index in [4.69, 9.17) is 15.7 Å². The quantitative estimate of drug-likeness (QED) is 0.376. The number of amidine groups is 1. The summed E-state index contributed by atoms with van der Waals surface area (Å²) in [6.45, 7) is 1.74. The van der Waals surface area contributed by atoms with Gasteiger partial charge < -0.3 is 15.7 Å². The first kappa shape index (κ1) is 15.1. The molecule has 0 aromatic heterocycles. The summed E-state index contributed by atoms with van der Waals surface area (Å²) >= 11 is 0. The Morgan fingerprint density at radius 2 is 2.05 bits per heavy atom. The van der Waals surface area contributed by atoms with Gasteiger partial charge in [0.05, 0.1) is 5.56 Å². The van der Waals surface area contributed by atoms with Crippen molar-refractivity contribution in [1.29, 1.82) is 0 Å². The van der Waals surface area contributed by atoms with E-state index in [0.717, 1.165) is 6.07 Å². The molecule has 0 aliphatic rings. The zero-order valence-electron chi connectivity index (χ0n) is 10.3. The van der Waals surface area contributed by atoms with Gasteiger partial charge in [-0.25, -0.2) is 0 Å². The van der Waals surface area contributed by atoms with E-state index in [2.05, 4.69) is 5.16 Å². The zero-order valence-corrected chi connectivity index (χ0v) is 10.3. The number of halogens is 3. The van der Waals surface area contributed by atoms with Crippen LogP contribution in [0.1, 0.15) is 25.3 Å². The molecule has 0 fully saturated rings. The molecule has 0 aliphatic carbocycles. The highest BCUT2D eigenvalue weighted by atomic mass is 19.4. The van der Waals surface area contributed by atoms with Gasteiger partial charge in [-0.2, -0.15) is 13.2 Å². The lowest BCUT2D eigenvalue weighted by atomic mass is 10.1. The molecule has 1 rings (SSSR count). The Kier molecular flexibility index (Phi) is 5.02. The van der Waals surface area contributed by atoms with Gasteiger partial charge >= 0.3 is 6.18 Å². The second kappa shape index (κ2) is 6.31. The second-order valence-electron chi connectivity index (χ2n) is 3.94. The monoisotopic (exact) mass is 276 g/mol. The summed E-state index contributed by atoms with van der Waals surface area (Å²) in [5.74, 6) is -0.344. The van der Waals surface area contributed by atoms with Crippen molar-refractivity contribution in [3.05, 3.63) is 29.8 Å². The molecule has 4 nitrogen and oxygen atoms in total. The van der Waals surface area contributed by atoms with Crippen LogP contribution in [0.25, 0.3) is 0 Å². The third-order valence-corrected chi connectivity index (χ3v) is 2.51. The number of oxime groups is 1. The van der Waals surface area contributed by atoms with Crippen LogP contribution < -0.4 is 10.5 Å². The highest BCUT2D eigenvalue weighted by Gasteiger charge is 2.34. The second-order valence-corrected chi connectivity index (χ2v) is 3.94. The average molecular weight is 276 g/mol. The molecule has 0 saturated carbocycles. The van der Waals surface area contributed by atoms with Crippen molar-refractivity contribution in [2.45, 2.75) is 32.0 Å². The van der Waals surface area contributed by atoms with Crippen LogP contribution in [0.5, 0.6) is 5.75 Å². The molecule has 19 heavy (non-hydrogen) atoms. The number of ether oxygens (including phenoxy) is 1. The minimum Gasteiger partial charge on any atom is -0.489 e. The topological polar surface area (TPSA) is 67.8 Å². The maximum Gasteiger partial charge on any atom is 0.419 e. The van der Waals surface area contributed by atoms with Crippen molar-refractivity contribution in [1.82, 2.24) is 0 Å². The summed E-state index contributed by atoms with van der Waals surface area (Å²) in [4.78, 5) is 0. The van der Waals surface area contributed by atoms with Crippen molar-refractivity contribution in [3.8, 4) is 5.75 Å². The maximum absolute atomic E-state index is 12.8. The molecule has 1 atom stereocenters. The average Bonchev–Trinajstić information content (AvgIpc) is 2.37. The fourth-order valence-corrected chi connectivity index (χ4v) is 1.53. The van der Waals surface area contributed by atoms with Crippen molar-refractivity contribution < 1.29 is 23.1 Å². The van der Waals surface area contributed by atoms with Gasteiger partial charge in [-0.1, -0.05) is 24.2 Å². The molecule has 0 amide bonds. The number of hydrogen-bond acceptors (Lipinski definition) is 3. The highest BCUT2D eigenvalue weighted by molar-refractivity contribution is 5.80. The molecule has 0 spiro atoms. The lowest BCUT2D eigenvalue weighted by molar-refractivity contribution is -0.139. The van der Waals surface area contributed by atoms with E-state index in [1.807, 2.05) is 0 Å². The Labute approximate surface area is 108 Å². The smallest absolute Gasteiger partial charge is 0.419 e. The number of nitrogens with zero attached hydrogens (tertiary/aromatic N) is 1. The van der Waals surface area contributed by atoms with E-state index in [0.29, 0.717) is 6.42 Å². The Hall–Kier alpha value is -1.92. The van der Waals surface area contributed by atoms with Gasteiger partial charge in [-0.3, -0.25) is 0 Å². The zero-order chi connectivity index (χ0) is 14.5. The Morgan fingerprint density at radius 1 is 1.42 bits per heavy atom. The standard InChI is InChI=1S/C12H15F3N2O2/c1-2-8(7-11(16)17-18)19-10-6-4-3-5-9(10)12(13,14)15/h3-6,8,18H,2,7H2,1H3,(H2,16,17). The number of alkyl halides is 3. The van der Waals surface area contributed by atoms with Crippen LogP contribution in [0.2, 0.25) is 0 Å². The van der Waals surface area contributed by atoms with Gasteiger partial charge in [0.1, 0.15) is 17.7 Å². The van der Waals surface area contributed by atoms with Gasteiger partial charge in [0.25, 0.3) is 0 Å². The Bertz CT molecular complexity index is 447. The van der Waals surface area contributed by atoms with Crippen LogP contribution in [0.4, 0.5) is 13.2 Å². The third-order valence-electron chi connectivity index (χ3n) is 2.51. The predicted octanol–water partition coefficient (Wildman–Crippen LogP) is 3.00. The van der Waals surface area contributed by atoms with E-state index < -0.39 is 17.8 Å². The Balaban J connectivity index is 2.92. The minimum absolute atomic E-state index is 0.0548. The van der Waals surface area contributed by atoms with E-state index in [1.165, 1.54) is 18.2 Å². The summed E-state index contributed by atoms with van der Waals surface area (Å²) in [5.41, 5.74) is 4.48. The molecule has 3 N–H and O–H groups in total. The first-order valence-electron chi connectivity index (χ1n) is 5.67. The number of benzene rings is 1. The van der Waals surface area contributed by atoms with Crippen molar-refractivity contribution in [3.63, 3.8) is 0 Å². The van der Waals surface area contributed by atoms with Crippen LogP contribution in [0.15, 0.2) is 29.4 Å². The molecule has 7 heteroatoms. The summed E-state index contributed by atoms with van der Waals surface area (Å²) in [6, 6.07) is 4.95. The van der Waals surface area contributed by atoms with Gasteiger partial charge in [0, 0.05) is 6.42 Å². The summed E-state index contributed by atoms with van der Waals surface area (Å²) < 4.78 is 43.6. The summed E-state index contributed by atoms with van der Waals surface area (Å²) in [7, 11) is 0. The summed E-state index contributed by atoms with van der Waals surface area (Å²) in [5, 5.41) is 11.2. The van der Waals surface area contributed by atoms with Gasteiger partial charge in [0.2, 0.25) is 0 Å². The molecule has 0 bridgehead atoms. The molecule has 1 aromatic rings. The molecular weight excluding hydrogens is 261 g/mol. The molecule has 0 saturated heterocycles. The number of nitrogens with two attached hydrogens (primary N) is 1. The lowest BCUT2D eigenvalue weighted by Crippen LogP contribution is -2.25. The molecule has 1 aromatic carbocycles. The van der Waals surface area contributed by atoms with Crippen LogP contribution >= 0.6 is 0 Å². The van der Waals surface area contributed by atoms with Crippen molar-refractivity contribution >= 4 is 5.84 Å². The SMILES string of the molecule is CCC(C/C(N)=N/O)Oc1ccccc1C(F)(F)F. The van der Waals surface area contributed by atoms with E-state index in [1.54, 1.807) is 6.92 Å². The van der Waals surface area contributed by atoms with Crippen molar-refractivity contribution in [2.75, 3.05) is 0 Å². The predicted molar refractivity (Wildman–Crippen MR) is 64.2 cm³/mol. The van der Waals surface area contributed by atoms with Gasteiger partial charge in [0.15, 0.2) is 0 Å². The molecule has 106 valence electrons. The van der Waals surface area contributed by atoms with Crippen LogP contribution in [-0.2, 0) is 6.18 Å². The largest absolute Gasteiger partial charge is 0.489 e. The third kappa shape index (κ3) is 4.35. The van der Waals surface area contributed by atoms with E-state index >= 15 is 0 Å². The number of para-hydroxylation sites is 1. The lowest BCUT2D eigenvalue weighted by Gasteiger charge is -2.20. The minimum atomic E-state index is -4.48.